The van der Waals surface area contributed by atoms with Crippen molar-refractivity contribution in [1.82, 2.24) is 5.32 Å². The van der Waals surface area contributed by atoms with E-state index in [9.17, 15) is 9.59 Å². The van der Waals surface area contributed by atoms with Crippen molar-refractivity contribution in [3.63, 3.8) is 0 Å². The molecule has 0 rings (SSSR count). The number of hydrogen-bond acceptors (Lipinski definition) is 4. The second-order valence-corrected chi connectivity index (χ2v) is 3.99. The first-order valence-electron chi connectivity index (χ1n) is 6.30. The van der Waals surface area contributed by atoms with Crippen LogP contribution < -0.4 is 11.1 Å². The van der Waals surface area contributed by atoms with Gasteiger partial charge in [0.2, 0.25) is 5.91 Å². The molecule has 5 nitrogen and oxygen atoms in total. The lowest BCUT2D eigenvalue weighted by Crippen LogP contribution is -2.41. The molecule has 3 N–H and O–H groups in total. The monoisotopic (exact) mass is 244 g/mol. The van der Waals surface area contributed by atoms with Gasteiger partial charge in [0.25, 0.3) is 0 Å². The minimum atomic E-state index is -0.349. The summed E-state index contributed by atoms with van der Waals surface area (Å²) in [5.41, 5.74) is 5.18. The molecule has 17 heavy (non-hydrogen) atoms. The van der Waals surface area contributed by atoms with Gasteiger partial charge in [-0.15, -0.1) is 0 Å². The van der Waals surface area contributed by atoms with E-state index < -0.39 is 0 Å². The predicted octanol–water partition coefficient (Wildman–Crippen LogP) is 0.963. The Morgan fingerprint density at radius 1 is 1.29 bits per heavy atom. The van der Waals surface area contributed by atoms with Crippen LogP contribution in [0.25, 0.3) is 0 Å². The molecule has 1 amide bonds. The van der Waals surface area contributed by atoms with Crippen LogP contribution in [-0.4, -0.2) is 31.1 Å². The molecule has 1 atom stereocenters. The van der Waals surface area contributed by atoms with Gasteiger partial charge in [0.15, 0.2) is 0 Å². The number of ether oxygens (including phenoxy) is 1. The smallest absolute Gasteiger partial charge is 0.305 e. The molecule has 0 aliphatic carbocycles. The van der Waals surface area contributed by atoms with Gasteiger partial charge >= 0.3 is 5.97 Å². The Balaban J connectivity index is 3.49. The highest BCUT2D eigenvalue weighted by Gasteiger charge is 2.11. The zero-order valence-corrected chi connectivity index (χ0v) is 10.8. The van der Waals surface area contributed by atoms with Crippen LogP contribution in [0, 0.1) is 0 Å². The second-order valence-electron chi connectivity index (χ2n) is 3.99. The van der Waals surface area contributed by atoms with Crippen molar-refractivity contribution in [2.24, 2.45) is 5.73 Å². The van der Waals surface area contributed by atoms with E-state index in [1.165, 1.54) is 0 Å². The summed E-state index contributed by atoms with van der Waals surface area (Å²) >= 11 is 0. The summed E-state index contributed by atoms with van der Waals surface area (Å²) in [6.45, 7) is 5.04. The van der Waals surface area contributed by atoms with Gasteiger partial charge in [0.1, 0.15) is 0 Å². The van der Waals surface area contributed by atoms with E-state index in [0.29, 0.717) is 32.4 Å². The van der Waals surface area contributed by atoms with Gasteiger partial charge in [0, 0.05) is 6.42 Å². The number of rotatable bonds is 10. The number of nitrogens with two attached hydrogens (primary N) is 1. The number of hydrogen-bond donors (Lipinski definition) is 2. The van der Waals surface area contributed by atoms with E-state index in [0.717, 1.165) is 12.8 Å². The van der Waals surface area contributed by atoms with E-state index >= 15 is 0 Å². The molecule has 0 saturated carbocycles. The third-order valence-electron chi connectivity index (χ3n) is 2.46. The van der Waals surface area contributed by atoms with Crippen molar-refractivity contribution in [2.45, 2.75) is 52.0 Å². The first kappa shape index (κ1) is 15.9. The Bertz CT molecular complexity index is 232. The van der Waals surface area contributed by atoms with Gasteiger partial charge in [-0.1, -0.05) is 20.3 Å². The average molecular weight is 244 g/mol. The molecule has 0 heterocycles. The first-order chi connectivity index (χ1) is 8.11. The molecule has 0 spiro atoms. The van der Waals surface area contributed by atoms with Crippen molar-refractivity contribution in [1.29, 1.82) is 0 Å². The maximum absolute atomic E-state index is 11.2. The molecule has 0 fully saturated rings. The SMILES string of the molecule is CCCCOC(=O)CCCN[C@@H](CC)C(N)=O. The van der Waals surface area contributed by atoms with Gasteiger partial charge in [0.05, 0.1) is 12.6 Å². The van der Waals surface area contributed by atoms with Crippen LogP contribution in [0.3, 0.4) is 0 Å². The maximum Gasteiger partial charge on any atom is 0.305 e. The van der Waals surface area contributed by atoms with Gasteiger partial charge in [-0.3, -0.25) is 9.59 Å². The fourth-order valence-electron chi connectivity index (χ4n) is 1.36. The molecular weight excluding hydrogens is 220 g/mol. The molecule has 0 saturated heterocycles. The fraction of sp³-hybridized carbons (Fsp3) is 0.833. The standard InChI is InChI=1S/C12H24N2O3/c1-3-5-9-17-11(15)7-6-8-14-10(4-2)12(13)16/h10,14H,3-9H2,1-2H3,(H2,13,16)/t10-/m0/s1. The number of primary amides is 1. The summed E-state index contributed by atoms with van der Waals surface area (Å²) in [6, 6.07) is -0.300. The number of carbonyl (C=O) groups excluding carboxylic acids is 2. The largest absolute Gasteiger partial charge is 0.466 e. The Kier molecular flexibility index (Phi) is 9.43. The predicted molar refractivity (Wildman–Crippen MR) is 66.4 cm³/mol. The molecule has 100 valence electrons. The molecule has 0 aromatic rings. The molecule has 0 unspecified atom stereocenters. The number of unbranched alkanes of at least 4 members (excludes halogenated alkanes) is 1. The number of nitrogens with one attached hydrogen (secondary N) is 1. The van der Waals surface area contributed by atoms with E-state index in [1.54, 1.807) is 0 Å². The third kappa shape index (κ3) is 8.68. The maximum atomic E-state index is 11.2. The van der Waals surface area contributed by atoms with Crippen LogP contribution in [-0.2, 0) is 14.3 Å². The highest BCUT2D eigenvalue weighted by Crippen LogP contribution is 1.96. The topological polar surface area (TPSA) is 81.4 Å². The van der Waals surface area contributed by atoms with Crippen LogP contribution in [0.4, 0.5) is 0 Å². The first-order valence-corrected chi connectivity index (χ1v) is 6.30. The minimum absolute atomic E-state index is 0.174. The van der Waals surface area contributed by atoms with Gasteiger partial charge in [-0.25, -0.2) is 0 Å². The number of esters is 1. The van der Waals surface area contributed by atoms with Crippen molar-refractivity contribution in [2.75, 3.05) is 13.2 Å². The van der Waals surface area contributed by atoms with Gasteiger partial charge < -0.3 is 15.8 Å². The summed E-state index contributed by atoms with van der Waals surface area (Å²) in [5, 5.41) is 3.01. The lowest BCUT2D eigenvalue weighted by atomic mass is 10.2. The average Bonchev–Trinajstić information content (AvgIpc) is 2.29. The normalized spacial score (nSPS) is 12.1. The minimum Gasteiger partial charge on any atom is -0.466 e. The van der Waals surface area contributed by atoms with Crippen molar-refractivity contribution in [3.8, 4) is 0 Å². The summed E-state index contributed by atoms with van der Waals surface area (Å²) in [6.07, 6.45) is 3.63. The summed E-state index contributed by atoms with van der Waals surface area (Å²) in [5.74, 6) is -0.523. The van der Waals surface area contributed by atoms with Crippen LogP contribution in [0.15, 0.2) is 0 Å². The van der Waals surface area contributed by atoms with Crippen molar-refractivity contribution in [3.05, 3.63) is 0 Å². The van der Waals surface area contributed by atoms with Crippen LogP contribution in [0.1, 0.15) is 46.0 Å². The van der Waals surface area contributed by atoms with E-state index in [-0.39, 0.29) is 17.9 Å². The molecule has 0 aliphatic rings. The molecule has 0 radical (unpaired) electrons. The Hall–Kier alpha value is -1.10. The molecule has 0 aromatic carbocycles. The van der Waals surface area contributed by atoms with Crippen LogP contribution in [0.5, 0.6) is 0 Å². The Morgan fingerprint density at radius 2 is 2.00 bits per heavy atom. The third-order valence-corrected chi connectivity index (χ3v) is 2.46. The molecule has 5 heteroatoms. The molecule has 0 aromatic heterocycles. The number of amides is 1. The van der Waals surface area contributed by atoms with E-state index in [4.69, 9.17) is 10.5 Å². The summed E-state index contributed by atoms with van der Waals surface area (Å²) < 4.78 is 5.00. The summed E-state index contributed by atoms with van der Waals surface area (Å²) in [7, 11) is 0. The van der Waals surface area contributed by atoms with Crippen molar-refractivity contribution < 1.29 is 14.3 Å². The summed E-state index contributed by atoms with van der Waals surface area (Å²) in [4.78, 5) is 22.1. The van der Waals surface area contributed by atoms with Crippen LogP contribution in [0.2, 0.25) is 0 Å². The van der Waals surface area contributed by atoms with Gasteiger partial charge in [-0.2, -0.15) is 0 Å². The zero-order valence-electron chi connectivity index (χ0n) is 10.8. The van der Waals surface area contributed by atoms with E-state index in [1.807, 2.05) is 13.8 Å². The Labute approximate surface area is 103 Å². The second kappa shape index (κ2) is 10.1. The van der Waals surface area contributed by atoms with Crippen LogP contribution >= 0.6 is 0 Å². The Morgan fingerprint density at radius 3 is 2.53 bits per heavy atom. The molecule has 0 bridgehead atoms. The zero-order chi connectivity index (χ0) is 13.1. The highest BCUT2D eigenvalue weighted by molar-refractivity contribution is 5.79. The number of carbonyl (C=O) groups is 2. The van der Waals surface area contributed by atoms with Gasteiger partial charge in [-0.05, 0) is 25.8 Å². The lowest BCUT2D eigenvalue weighted by molar-refractivity contribution is -0.143. The molecular formula is C12H24N2O3. The molecule has 0 aliphatic heterocycles. The van der Waals surface area contributed by atoms with E-state index in [2.05, 4.69) is 5.32 Å². The highest BCUT2D eigenvalue weighted by atomic mass is 16.5. The van der Waals surface area contributed by atoms with Crippen molar-refractivity contribution >= 4 is 11.9 Å². The fourth-order valence-corrected chi connectivity index (χ4v) is 1.36. The lowest BCUT2D eigenvalue weighted by Gasteiger charge is -2.12. The quantitative estimate of drug-likeness (QED) is 0.443.